The third-order valence-electron chi connectivity index (χ3n) is 2.46. The SMILES string of the molecule is O=C(NC(=S)Nc1cccc(F)c1F)c1ccccc1. The van der Waals surface area contributed by atoms with Gasteiger partial charge in [0, 0.05) is 5.56 Å². The standard InChI is InChI=1S/C14H10F2N2OS/c15-10-7-4-8-11(12(10)16)17-14(20)18-13(19)9-5-2-1-3-6-9/h1-8H,(H2,17,18,19,20). The van der Waals surface area contributed by atoms with Crippen LogP contribution < -0.4 is 10.6 Å². The highest BCUT2D eigenvalue weighted by Gasteiger charge is 2.11. The summed E-state index contributed by atoms with van der Waals surface area (Å²) in [4.78, 5) is 11.8. The van der Waals surface area contributed by atoms with Gasteiger partial charge >= 0.3 is 0 Å². The van der Waals surface area contributed by atoms with Crippen LogP contribution >= 0.6 is 12.2 Å². The summed E-state index contributed by atoms with van der Waals surface area (Å²) < 4.78 is 26.4. The summed E-state index contributed by atoms with van der Waals surface area (Å²) >= 11 is 4.88. The Morgan fingerprint density at radius 1 is 1.00 bits per heavy atom. The van der Waals surface area contributed by atoms with Crippen LogP contribution in [0.25, 0.3) is 0 Å². The van der Waals surface area contributed by atoms with Gasteiger partial charge in [-0.15, -0.1) is 0 Å². The van der Waals surface area contributed by atoms with Crippen LogP contribution in [-0.2, 0) is 0 Å². The maximum atomic E-state index is 13.4. The summed E-state index contributed by atoms with van der Waals surface area (Å²) in [6.07, 6.45) is 0. The molecule has 0 spiro atoms. The number of carbonyl (C=O) groups excluding carboxylic acids is 1. The average Bonchev–Trinajstić information content (AvgIpc) is 2.45. The first-order chi connectivity index (χ1) is 9.58. The van der Waals surface area contributed by atoms with Gasteiger partial charge in [-0.25, -0.2) is 8.78 Å². The van der Waals surface area contributed by atoms with Gasteiger partial charge in [0.05, 0.1) is 5.69 Å². The fraction of sp³-hybridized carbons (Fsp3) is 0. The molecule has 0 heterocycles. The van der Waals surface area contributed by atoms with Gasteiger partial charge in [-0.1, -0.05) is 24.3 Å². The third-order valence-corrected chi connectivity index (χ3v) is 2.67. The van der Waals surface area contributed by atoms with E-state index in [1.807, 2.05) is 0 Å². The van der Waals surface area contributed by atoms with Gasteiger partial charge < -0.3 is 5.32 Å². The number of hydrogen-bond donors (Lipinski definition) is 2. The van der Waals surface area contributed by atoms with Crippen LogP contribution in [0.1, 0.15) is 10.4 Å². The Morgan fingerprint density at radius 2 is 1.70 bits per heavy atom. The van der Waals surface area contributed by atoms with E-state index in [9.17, 15) is 13.6 Å². The monoisotopic (exact) mass is 292 g/mol. The van der Waals surface area contributed by atoms with Crippen LogP contribution in [0.2, 0.25) is 0 Å². The fourth-order valence-electron chi connectivity index (χ4n) is 1.52. The lowest BCUT2D eigenvalue weighted by molar-refractivity contribution is 0.0977. The fourth-order valence-corrected chi connectivity index (χ4v) is 1.72. The first kappa shape index (κ1) is 14.1. The summed E-state index contributed by atoms with van der Waals surface area (Å²) in [5.74, 6) is -2.48. The molecule has 2 rings (SSSR count). The lowest BCUT2D eigenvalue weighted by atomic mass is 10.2. The lowest BCUT2D eigenvalue weighted by Gasteiger charge is -2.10. The van der Waals surface area contributed by atoms with E-state index in [1.165, 1.54) is 12.1 Å². The van der Waals surface area contributed by atoms with E-state index >= 15 is 0 Å². The van der Waals surface area contributed by atoms with Crippen LogP contribution in [0.4, 0.5) is 14.5 Å². The highest BCUT2D eigenvalue weighted by Crippen LogP contribution is 2.16. The zero-order valence-corrected chi connectivity index (χ0v) is 11.0. The maximum Gasteiger partial charge on any atom is 0.257 e. The van der Waals surface area contributed by atoms with Crippen LogP contribution in [-0.4, -0.2) is 11.0 Å². The molecule has 0 fully saturated rings. The molecule has 2 aromatic rings. The smallest absolute Gasteiger partial charge is 0.257 e. The molecular formula is C14H10F2N2OS. The van der Waals surface area contributed by atoms with E-state index in [0.717, 1.165) is 6.07 Å². The van der Waals surface area contributed by atoms with Crippen molar-refractivity contribution >= 4 is 28.9 Å². The van der Waals surface area contributed by atoms with Gasteiger partial charge in [0.1, 0.15) is 0 Å². The van der Waals surface area contributed by atoms with Crippen LogP contribution in [0.5, 0.6) is 0 Å². The number of benzene rings is 2. The third kappa shape index (κ3) is 3.36. The Kier molecular flexibility index (Phi) is 4.37. The van der Waals surface area contributed by atoms with E-state index in [2.05, 4.69) is 10.6 Å². The molecule has 0 atom stereocenters. The Hall–Kier alpha value is -2.34. The van der Waals surface area contributed by atoms with Crippen molar-refractivity contribution in [3.05, 3.63) is 65.7 Å². The molecule has 0 saturated heterocycles. The molecule has 3 nitrogen and oxygen atoms in total. The number of halogens is 2. The summed E-state index contributed by atoms with van der Waals surface area (Å²) in [6.45, 7) is 0. The Bertz CT molecular complexity index is 647. The summed E-state index contributed by atoms with van der Waals surface area (Å²) in [6, 6.07) is 12.1. The molecule has 0 bridgehead atoms. The summed E-state index contributed by atoms with van der Waals surface area (Å²) in [5.41, 5.74) is 0.278. The summed E-state index contributed by atoms with van der Waals surface area (Å²) in [5, 5.41) is 4.71. The maximum absolute atomic E-state index is 13.4. The van der Waals surface area contributed by atoms with E-state index in [1.54, 1.807) is 30.3 Å². The molecule has 1 amide bonds. The van der Waals surface area contributed by atoms with Crippen LogP contribution in [0.3, 0.4) is 0 Å². The number of carbonyl (C=O) groups is 1. The van der Waals surface area contributed by atoms with E-state index < -0.39 is 17.5 Å². The van der Waals surface area contributed by atoms with Gasteiger partial charge in [-0.3, -0.25) is 10.1 Å². The van der Waals surface area contributed by atoms with Crippen molar-refractivity contribution in [3.63, 3.8) is 0 Å². The molecule has 0 saturated carbocycles. The molecule has 6 heteroatoms. The topological polar surface area (TPSA) is 41.1 Å². The van der Waals surface area contributed by atoms with Gasteiger partial charge in [0.15, 0.2) is 16.7 Å². The van der Waals surface area contributed by atoms with E-state index in [4.69, 9.17) is 12.2 Å². The zero-order valence-electron chi connectivity index (χ0n) is 10.2. The Balaban J connectivity index is 2.03. The van der Waals surface area contributed by atoms with Gasteiger partial charge in [0.2, 0.25) is 0 Å². The predicted octanol–water partition coefficient (Wildman–Crippen LogP) is 3.09. The molecular weight excluding hydrogens is 282 g/mol. The molecule has 0 aromatic heterocycles. The van der Waals surface area contributed by atoms with Crippen molar-refractivity contribution in [1.29, 1.82) is 0 Å². The molecule has 0 radical (unpaired) electrons. The van der Waals surface area contributed by atoms with E-state index in [0.29, 0.717) is 5.56 Å². The Labute approximate surface area is 119 Å². The normalized spacial score (nSPS) is 9.90. The minimum atomic E-state index is -1.05. The average molecular weight is 292 g/mol. The molecule has 0 aliphatic rings. The second-order valence-electron chi connectivity index (χ2n) is 3.88. The number of nitrogens with one attached hydrogen (secondary N) is 2. The largest absolute Gasteiger partial charge is 0.330 e. The van der Waals surface area contributed by atoms with Crippen molar-refractivity contribution in [2.45, 2.75) is 0 Å². The first-order valence-electron chi connectivity index (χ1n) is 5.69. The molecule has 20 heavy (non-hydrogen) atoms. The predicted molar refractivity (Wildman–Crippen MR) is 76.5 cm³/mol. The number of rotatable bonds is 2. The summed E-state index contributed by atoms with van der Waals surface area (Å²) in [7, 11) is 0. The first-order valence-corrected chi connectivity index (χ1v) is 6.10. The minimum Gasteiger partial charge on any atom is -0.330 e. The zero-order chi connectivity index (χ0) is 14.5. The second kappa shape index (κ2) is 6.21. The van der Waals surface area contributed by atoms with Crippen molar-refractivity contribution in [2.24, 2.45) is 0 Å². The van der Waals surface area contributed by atoms with Crippen molar-refractivity contribution in [1.82, 2.24) is 5.32 Å². The quantitative estimate of drug-likeness (QED) is 0.836. The molecule has 0 aliphatic heterocycles. The molecule has 2 aromatic carbocycles. The van der Waals surface area contributed by atoms with Crippen LogP contribution in [0.15, 0.2) is 48.5 Å². The van der Waals surface area contributed by atoms with Crippen molar-refractivity contribution in [3.8, 4) is 0 Å². The van der Waals surface area contributed by atoms with Gasteiger partial charge in [-0.05, 0) is 36.5 Å². The van der Waals surface area contributed by atoms with Gasteiger partial charge in [0.25, 0.3) is 5.91 Å². The number of amides is 1. The molecule has 0 unspecified atom stereocenters. The highest BCUT2D eigenvalue weighted by molar-refractivity contribution is 7.80. The molecule has 2 N–H and O–H groups in total. The van der Waals surface area contributed by atoms with Crippen LogP contribution in [0, 0.1) is 11.6 Å². The number of anilines is 1. The molecule has 102 valence electrons. The van der Waals surface area contributed by atoms with Crippen molar-refractivity contribution < 1.29 is 13.6 Å². The minimum absolute atomic E-state index is 0.108. The lowest BCUT2D eigenvalue weighted by Crippen LogP contribution is -2.34. The van der Waals surface area contributed by atoms with Gasteiger partial charge in [-0.2, -0.15) is 0 Å². The Morgan fingerprint density at radius 3 is 2.40 bits per heavy atom. The highest BCUT2D eigenvalue weighted by atomic mass is 32.1. The van der Waals surface area contributed by atoms with Crippen molar-refractivity contribution in [2.75, 3.05) is 5.32 Å². The number of hydrogen-bond acceptors (Lipinski definition) is 2. The van der Waals surface area contributed by atoms with E-state index in [-0.39, 0.29) is 10.8 Å². The number of thiocarbonyl (C=S) groups is 1. The second-order valence-corrected chi connectivity index (χ2v) is 4.28. The molecule has 0 aliphatic carbocycles.